The molecule has 0 spiro atoms. The third-order valence-corrected chi connectivity index (χ3v) is 5.42. The van der Waals surface area contributed by atoms with Gasteiger partial charge in [0.2, 0.25) is 0 Å². The standard InChI is InChI=1S/C16H22N2S/c1-12-6-5-9-14(12)10-17-16-18-15(11-19-16)13-7-3-2-4-8-13/h2-4,7-8,12,14-15H,5-6,9-11H2,1H3,(H,17,18). The van der Waals surface area contributed by atoms with Gasteiger partial charge in [-0.15, -0.1) is 0 Å². The molecule has 2 aliphatic rings. The van der Waals surface area contributed by atoms with Crippen LogP contribution in [0.4, 0.5) is 0 Å². The molecule has 0 amide bonds. The van der Waals surface area contributed by atoms with Crippen molar-refractivity contribution in [1.29, 1.82) is 0 Å². The molecule has 2 fully saturated rings. The molecular weight excluding hydrogens is 252 g/mol. The number of benzene rings is 1. The minimum absolute atomic E-state index is 0.436. The van der Waals surface area contributed by atoms with Crippen LogP contribution in [0.3, 0.4) is 0 Å². The fourth-order valence-electron chi connectivity index (χ4n) is 3.04. The number of nitrogens with one attached hydrogen (secondary N) is 1. The first-order chi connectivity index (χ1) is 9.33. The fraction of sp³-hybridized carbons (Fsp3) is 0.562. The summed E-state index contributed by atoms with van der Waals surface area (Å²) in [5.41, 5.74) is 1.37. The quantitative estimate of drug-likeness (QED) is 0.905. The van der Waals surface area contributed by atoms with Crippen LogP contribution in [-0.4, -0.2) is 17.5 Å². The SMILES string of the molecule is CC1CCCC1CN=C1NC(c2ccccc2)CS1. The predicted molar refractivity (Wildman–Crippen MR) is 83.6 cm³/mol. The minimum atomic E-state index is 0.436. The zero-order valence-electron chi connectivity index (χ0n) is 11.5. The average Bonchev–Trinajstić information content (AvgIpc) is 3.06. The molecule has 1 heterocycles. The first-order valence-electron chi connectivity index (χ1n) is 7.31. The Labute approximate surface area is 120 Å². The van der Waals surface area contributed by atoms with E-state index in [0.29, 0.717) is 6.04 Å². The molecular formula is C16H22N2S. The van der Waals surface area contributed by atoms with E-state index in [4.69, 9.17) is 4.99 Å². The molecule has 1 aliphatic heterocycles. The van der Waals surface area contributed by atoms with Gasteiger partial charge in [0.25, 0.3) is 0 Å². The van der Waals surface area contributed by atoms with E-state index in [-0.39, 0.29) is 0 Å². The molecule has 0 bridgehead atoms. The Morgan fingerprint density at radius 1 is 1.26 bits per heavy atom. The second-order valence-electron chi connectivity index (χ2n) is 5.73. The third-order valence-electron chi connectivity index (χ3n) is 4.39. The molecule has 2 nitrogen and oxygen atoms in total. The Morgan fingerprint density at radius 3 is 2.84 bits per heavy atom. The maximum Gasteiger partial charge on any atom is 0.157 e. The first kappa shape index (κ1) is 13.0. The summed E-state index contributed by atoms with van der Waals surface area (Å²) in [4.78, 5) is 4.80. The summed E-state index contributed by atoms with van der Waals surface area (Å²) in [5, 5.41) is 4.71. The van der Waals surface area contributed by atoms with Crippen molar-refractivity contribution >= 4 is 16.9 Å². The molecule has 1 aliphatic carbocycles. The van der Waals surface area contributed by atoms with Gasteiger partial charge >= 0.3 is 0 Å². The van der Waals surface area contributed by atoms with Crippen LogP contribution in [-0.2, 0) is 0 Å². The third kappa shape index (κ3) is 3.14. The molecule has 3 rings (SSSR count). The van der Waals surface area contributed by atoms with E-state index in [9.17, 15) is 0 Å². The van der Waals surface area contributed by atoms with Crippen LogP contribution in [0.5, 0.6) is 0 Å². The summed E-state index contributed by atoms with van der Waals surface area (Å²) in [5.74, 6) is 2.77. The van der Waals surface area contributed by atoms with Crippen molar-refractivity contribution in [2.24, 2.45) is 16.8 Å². The Balaban J connectivity index is 1.57. The summed E-state index contributed by atoms with van der Waals surface area (Å²) < 4.78 is 0. The van der Waals surface area contributed by atoms with E-state index in [1.807, 2.05) is 11.8 Å². The van der Waals surface area contributed by atoms with E-state index in [2.05, 4.69) is 42.6 Å². The van der Waals surface area contributed by atoms with Crippen LogP contribution >= 0.6 is 11.8 Å². The van der Waals surface area contributed by atoms with E-state index in [0.717, 1.165) is 29.3 Å². The van der Waals surface area contributed by atoms with Gasteiger partial charge in [-0.3, -0.25) is 4.99 Å². The molecule has 3 atom stereocenters. The van der Waals surface area contributed by atoms with Crippen LogP contribution in [0.15, 0.2) is 35.3 Å². The number of rotatable bonds is 3. The zero-order chi connectivity index (χ0) is 13.1. The Kier molecular flexibility index (Phi) is 4.12. The highest BCUT2D eigenvalue weighted by molar-refractivity contribution is 8.14. The summed E-state index contributed by atoms with van der Waals surface area (Å²) in [6.45, 7) is 3.39. The van der Waals surface area contributed by atoms with Gasteiger partial charge in [0.1, 0.15) is 0 Å². The van der Waals surface area contributed by atoms with Gasteiger partial charge in [-0.05, 0) is 23.8 Å². The fourth-order valence-corrected chi connectivity index (χ4v) is 4.04. The van der Waals surface area contributed by atoms with Crippen LogP contribution in [0, 0.1) is 11.8 Å². The molecule has 0 radical (unpaired) electrons. The Hall–Kier alpha value is -0.960. The number of hydrogen-bond acceptors (Lipinski definition) is 2. The Bertz CT molecular complexity index is 443. The number of hydrogen-bond donors (Lipinski definition) is 1. The lowest BCUT2D eigenvalue weighted by Crippen LogP contribution is -2.20. The predicted octanol–water partition coefficient (Wildman–Crippen LogP) is 3.86. The van der Waals surface area contributed by atoms with Crippen LogP contribution in [0.2, 0.25) is 0 Å². The van der Waals surface area contributed by atoms with Crippen LogP contribution in [0.1, 0.15) is 37.8 Å². The van der Waals surface area contributed by atoms with E-state index >= 15 is 0 Å². The smallest absolute Gasteiger partial charge is 0.157 e. The lowest BCUT2D eigenvalue weighted by Gasteiger charge is -2.13. The van der Waals surface area contributed by atoms with Gasteiger partial charge in [-0.1, -0.05) is 61.9 Å². The molecule has 0 aromatic heterocycles. The van der Waals surface area contributed by atoms with Crippen molar-refractivity contribution < 1.29 is 0 Å². The Morgan fingerprint density at radius 2 is 2.11 bits per heavy atom. The van der Waals surface area contributed by atoms with Crippen molar-refractivity contribution in [3.8, 4) is 0 Å². The molecule has 1 aromatic carbocycles. The second kappa shape index (κ2) is 6.00. The molecule has 1 saturated heterocycles. The van der Waals surface area contributed by atoms with Gasteiger partial charge in [0.05, 0.1) is 6.04 Å². The molecule has 1 saturated carbocycles. The number of aliphatic imine (C=N–C) groups is 1. The minimum Gasteiger partial charge on any atom is -0.357 e. The summed E-state index contributed by atoms with van der Waals surface area (Å²) >= 11 is 1.87. The van der Waals surface area contributed by atoms with Gasteiger partial charge in [0.15, 0.2) is 5.17 Å². The van der Waals surface area contributed by atoms with Gasteiger partial charge in [-0.2, -0.15) is 0 Å². The number of nitrogens with zero attached hydrogens (tertiary/aromatic N) is 1. The second-order valence-corrected chi connectivity index (χ2v) is 6.74. The van der Waals surface area contributed by atoms with Gasteiger partial charge in [-0.25, -0.2) is 0 Å². The van der Waals surface area contributed by atoms with Crippen molar-refractivity contribution in [3.63, 3.8) is 0 Å². The van der Waals surface area contributed by atoms with E-state index in [1.54, 1.807) is 0 Å². The average molecular weight is 274 g/mol. The summed E-state index contributed by atoms with van der Waals surface area (Å²) in [6.07, 6.45) is 4.15. The highest BCUT2D eigenvalue weighted by Gasteiger charge is 2.25. The van der Waals surface area contributed by atoms with Crippen LogP contribution < -0.4 is 5.32 Å². The van der Waals surface area contributed by atoms with Crippen molar-refractivity contribution in [1.82, 2.24) is 5.32 Å². The highest BCUT2D eigenvalue weighted by atomic mass is 32.2. The van der Waals surface area contributed by atoms with E-state index < -0.39 is 0 Å². The van der Waals surface area contributed by atoms with Gasteiger partial charge < -0.3 is 5.32 Å². The zero-order valence-corrected chi connectivity index (χ0v) is 12.3. The molecule has 3 unspecified atom stereocenters. The lowest BCUT2D eigenvalue weighted by molar-refractivity contribution is 0.430. The molecule has 1 N–H and O–H groups in total. The lowest BCUT2D eigenvalue weighted by atomic mass is 9.99. The van der Waals surface area contributed by atoms with Crippen molar-refractivity contribution in [2.45, 2.75) is 32.2 Å². The molecule has 1 aromatic rings. The van der Waals surface area contributed by atoms with E-state index in [1.165, 1.54) is 24.8 Å². The van der Waals surface area contributed by atoms with Gasteiger partial charge in [0, 0.05) is 12.3 Å². The molecule has 3 heteroatoms. The largest absolute Gasteiger partial charge is 0.357 e. The number of thioether (sulfide) groups is 1. The van der Waals surface area contributed by atoms with Crippen LogP contribution in [0.25, 0.3) is 0 Å². The highest BCUT2D eigenvalue weighted by Crippen LogP contribution is 2.32. The summed E-state index contributed by atoms with van der Waals surface area (Å²) in [6, 6.07) is 11.1. The molecule has 19 heavy (non-hydrogen) atoms. The normalized spacial score (nSPS) is 32.7. The molecule has 102 valence electrons. The monoisotopic (exact) mass is 274 g/mol. The van der Waals surface area contributed by atoms with Crippen molar-refractivity contribution in [2.75, 3.05) is 12.3 Å². The maximum atomic E-state index is 4.80. The van der Waals surface area contributed by atoms with Crippen molar-refractivity contribution in [3.05, 3.63) is 35.9 Å². The number of amidine groups is 1. The maximum absolute atomic E-state index is 4.80. The first-order valence-corrected chi connectivity index (χ1v) is 8.30. The topological polar surface area (TPSA) is 24.4 Å². The summed E-state index contributed by atoms with van der Waals surface area (Å²) in [7, 11) is 0.